The molecule has 3 heterocycles. The van der Waals surface area contributed by atoms with Crippen LogP contribution in [0, 0.1) is 0 Å². The number of imidazole rings is 1. The highest BCUT2D eigenvalue weighted by atomic mass is 15.0. The molecule has 6 aromatic carbocycles. The molecule has 0 unspecified atom stereocenters. The van der Waals surface area contributed by atoms with Crippen LogP contribution in [-0.4, -0.2) is 14.0 Å². The molecular formula is C37H23N3. The minimum absolute atomic E-state index is 1.01. The number of fused-ring (bicyclic) bond motifs is 11. The molecule has 3 aromatic heterocycles. The predicted octanol–water partition coefficient (Wildman–Crippen LogP) is 9.56. The van der Waals surface area contributed by atoms with Gasteiger partial charge >= 0.3 is 0 Å². The van der Waals surface area contributed by atoms with E-state index < -0.39 is 0 Å². The zero-order chi connectivity index (χ0) is 26.2. The Balaban J connectivity index is 1.31. The smallest absolute Gasteiger partial charge is 0.146 e. The van der Waals surface area contributed by atoms with Gasteiger partial charge in [-0.1, -0.05) is 91.0 Å². The van der Waals surface area contributed by atoms with Crippen LogP contribution >= 0.6 is 0 Å². The molecule has 0 amide bonds. The Morgan fingerprint density at radius 3 is 1.80 bits per heavy atom. The molecule has 9 rings (SSSR count). The van der Waals surface area contributed by atoms with Crippen LogP contribution in [0.2, 0.25) is 0 Å². The standard InChI is InChI=1S/C37H23N3/c1-2-15-30-27(12-1)31-23-25(20-21-35(31)40-36-19-8-5-16-32(36)38-37(30)40)24-10-9-11-26(22-24)39-33-17-6-3-13-28(33)29-14-4-7-18-34(29)39/h1-23H. The molecule has 0 spiro atoms. The summed E-state index contributed by atoms with van der Waals surface area (Å²) in [6.45, 7) is 0. The topological polar surface area (TPSA) is 22.2 Å². The molecule has 0 atom stereocenters. The van der Waals surface area contributed by atoms with E-state index in [9.17, 15) is 0 Å². The summed E-state index contributed by atoms with van der Waals surface area (Å²) in [6, 6.07) is 50.1. The molecule has 0 aliphatic rings. The number of hydrogen-bond donors (Lipinski definition) is 0. The van der Waals surface area contributed by atoms with E-state index in [2.05, 4.69) is 148 Å². The molecule has 0 radical (unpaired) electrons. The Labute approximate surface area is 230 Å². The Hall–Kier alpha value is -5.41. The summed E-state index contributed by atoms with van der Waals surface area (Å²) in [5, 5.41) is 6.17. The Kier molecular flexibility index (Phi) is 4.33. The highest BCUT2D eigenvalue weighted by Crippen LogP contribution is 2.36. The SMILES string of the molecule is c1cc(-c2ccc3c(c2)c2ccccc2c2nc4ccccc4n32)cc(-n2c3ccccc3c3ccccc32)c1. The summed E-state index contributed by atoms with van der Waals surface area (Å²) in [4.78, 5) is 5.02. The largest absolute Gasteiger partial charge is 0.309 e. The molecule has 3 nitrogen and oxygen atoms in total. The second kappa shape index (κ2) is 8.05. The van der Waals surface area contributed by atoms with Crippen LogP contribution in [0.5, 0.6) is 0 Å². The number of para-hydroxylation sites is 4. The summed E-state index contributed by atoms with van der Waals surface area (Å²) in [5.74, 6) is 0. The molecule has 0 N–H and O–H groups in total. The lowest BCUT2D eigenvalue weighted by atomic mass is 9.99. The van der Waals surface area contributed by atoms with Gasteiger partial charge in [0.15, 0.2) is 0 Å². The maximum Gasteiger partial charge on any atom is 0.146 e. The van der Waals surface area contributed by atoms with Gasteiger partial charge in [-0.25, -0.2) is 4.98 Å². The van der Waals surface area contributed by atoms with Gasteiger partial charge in [0, 0.05) is 27.2 Å². The first-order chi connectivity index (χ1) is 19.8. The minimum atomic E-state index is 1.01. The maximum absolute atomic E-state index is 5.02. The Morgan fingerprint density at radius 1 is 0.400 bits per heavy atom. The van der Waals surface area contributed by atoms with Crippen molar-refractivity contribution >= 4 is 60.2 Å². The van der Waals surface area contributed by atoms with Gasteiger partial charge in [0.2, 0.25) is 0 Å². The predicted molar refractivity (Wildman–Crippen MR) is 167 cm³/mol. The van der Waals surface area contributed by atoms with Gasteiger partial charge in [-0.15, -0.1) is 0 Å². The van der Waals surface area contributed by atoms with E-state index in [-0.39, 0.29) is 0 Å². The van der Waals surface area contributed by atoms with Crippen molar-refractivity contribution in [2.75, 3.05) is 0 Å². The molecule has 0 fully saturated rings. The zero-order valence-electron chi connectivity index (χ0n) is 21.6. The van der Waals surface area contributed by atoms with Gasteiger partial charge in [0.1, 0.15) is 5.65 Å². The monoisotopic (exact) mass is 509 g/mol. The number of rotatable bonds is 2. The fourth-order valence-corrected chi connectivity index (χ4v) is 6.52. The highest BCUT2D eigenvalue weighted by Gasteiger charge is 2.15. The lowest BCUT2D eigenvalue weighted by Crippen LogP contribution is -1.95. The fourth-order valence-electron chi connectivity index (χ4n) is 6.52. The molecule has 0 saturated carbocycles. The first kappa shape index (κ1) is 21.5. The van der Waals surface area contributed by atoms with E-state index in [1.54, 1.807) is 0 Å². The van der Waals surface area contributed by atoms with Crippen molar-refractivity contribution in [1.29, 1.82) is 0 Å². The van der Waals surface area contributed by atoms with Crippen LogP contribution < -0.4 is 0 Å². The molecule has 0 aliphatic heterocycles. The van der Waals surface area contributed by atoms with Crippen LogP contribution in [0.25, 0.3) is 77.0 Å². The third-order valence-corrected chi connectivity index (χ3v) is 8.27. The van der Waals surface area contributed by atoms with Gasteiger partial charge in [0.25, 0.3) is 0 Å². The molecule has 40 heavy (non-hydrogen) atoms. The van der Waals surface area contributed by atoms with Crippen molar-refractivity contribution in [1.82, 2.24) is 14.0 Å². The maximum atomic E-state index is 5.02. The van der Waals surface area contributed by atoms with Crippen LogP contribution in [0.3, 0.4) is 0 Å². The molecule has 0 bridgehead atoms. The quantitative estimate of drug-likeness (QED) is 0.213. The van der Waals surface area contributed by atoms with E-state index >= 15 is 0 Å². The molecule has 0 aliphatic carbocycles. The minimum Gasteiger partial charge on any atom is -0.309 e. The van der Waals surface area contributed by atoms with Crippen molar-refractivity contribution in [3.05, 3.63) is 140 Å². The average Bonchev–Trinajstić information content (AvgIpc) is 3.58. The van der Waals surface area contributed by atoms with E-state index in [0.717, 1.165) is 22.4 Å². The third-order valence-electron chi connectivity index (χ3n) is 8.27. The van der Waals surface area contributed by atoms with E-state index in [0.29, 0.717) is 0 Å². The summed E-state index contributed by atoms with van der Waals surface area (Å²) < 4.78 is 4.69. The summed E-state index contributed by atoms with van der Waals surface area (Å²) in [6.07, 6.45) is 0. The summed E-state index contributed by atoms with van der Waals surface area (Å²) >= 11 is 0. The van der Waals surface area contributed by atoms with Crippen molar-refractivity contribution in [3.8, 4) is 16.8 Å². The van der Waals surface area contributed by atoms with E-state index in [4.69, 9.17) is 4.98 Å². The molecule has 3 heteroatoms. The lowest BCUT2D eigenvalue weighted by Gasteiger charge is -2.13. The van der Waals surface area contributed by atoms with Crippen molar-refractivity contribution in [2.24, 2.45) is 0 Å². The average molecular weight is 510 g/mol. The number of benzene rings is 6. The van der Waals surface area contributed by atoms with Gasteiger partial charge in [-0.05, 0) is 65.0 Å². The lowest BCUT2D eigenvalue weighted by molar-refractivity contribution is 1.18. The van der Waals surface area contributed by atoms with Crippen molar-refractivity contribution < 1.29 is 0 Å². The van der Waals surface area contributed by atoms with Crippen molar-refractivity contribution in [3.63, 3.8) is 0 Å². The Bertz CT molecular complexity index is 2390. The molecule has 0 saturated heterocycles. The van der Waals surface area contributed by atoms with Crippen LogP contribution in [0.15, 0.2) is 140 Å². The number of pyridine rings is 1. The summed E-state index contributed by atoms with van der Waals surface area (Å²) in [5.41, 5.74) is 10.3. The first-order valence-corrected chi connectivity index (χ1v) is 13.7. The molecule has 186 valence electrons. The van der Waals surface area contributed by atoms with Crippen LogP contribution in [0.4, 0.5) is 0 Å². The second-order valence-electron chi connectivity index (χ2n) is 10.5. The first-order valence-electron chi connectivity index (χ1n) is 13.7. The number of hydrogen-bond acceptors (Lipinski definition) is 1. The van der Waals surface area contributed by atoms with Gasteiger partial charge in [0.05, 0.1) is 27.6 Å². The van der Waals surface area contributed by atoms with E-state index in [1.165, 1.54) is 54.6 Å². The fraction of sp³-hybridized carbons (Fsp3) is 0. The Morgan fingerprint density at radius 2 is 1.02 bits per heavy atom. The third kappa shape index (κ3) is 2.92. The normalized spacial score (nSPS) is 12.0. The van der Waals surface area contributed by atoms with Crippen molar-refractivity contribution in [2.45, 2.75) is 0 Å². The molecular weight excluding hydrogens is 486 g/mol. The number of nitrogens with zero attached hydrogens (tertiary/aromatic N) is 3. The van der Waals surface area contributed by atoms with Crippen LogP contribution in [0.1, 0.15) is 0 Å². The highest BCUT2D eigenvalue weighted by molar-refractivity contribution is 6.14. The zero-order valence-corrected chi connectivity index (χ0v) is 21.6. The van der Waals surface area contributed by atoms with E-state index in [1.807, 2.05) is 0 Å². The van der Waals surface area contributed by atoms with Crippen LogP contribution in [-0.2, 0) is 0 Å². The summed E-state index contributed by atoms with van der Waals surface area (Å²) in [7, 11) is 0. The number of aromatic nitrogens is 3. The van der Waals surface area contributed by atoms with Gasteiger partial charge in [-0.2, -0.15) is 0 Å². The molecule has 9 aromatic rings. The second-order valence-corrected chi connectivity index (χ2v) is 10.5. The van der Waals surface area contributed by atoms with Gasteiger partial charge in [-0.3, -0.25) is 4.40 Å². The van der Waals surface area contributed by atoms with Gasteiger partial charge < -0.3 is 4.57 Å².